The molecule has 4 heteroatoms. The van der Waals surface area contributed by atoms with Gasteiger partial charge in [-0.3, -0.25) is 4.79 Å². The first kappa shape index (κ1) is 14.5. The molecule has 0 aromatic carbocycles. The number of carbonyl (C=O) groups is 1. The lowest BCUT2D eigenvalue weighted by Crippen LogP contribution is -2.52. The monoisotopic (exact) mass is 280 g/mol. The summed E-state index contributed by atoms with van der Waals surface area (Å²) in [4.78, 5) is 14.6. The smallest absolute Gasteiger partial charge is 0.261 e. The summed E-state index contributed by atoms with van der Waals surface area (Å²) in [5.41, 5.74) is 6.91. The molecule has 0 spiro atoms. The lowest BCUT2D eigenvalue weighted by molar-refractivity contribution is 0.0902. The number of fused-ring (bicyclic) bond motifs is 1. The van der Waals surface area contributed by atoms with E-state index >= 15 is 0 Å². The minimum atomic E-state index is -0.306. The van der Waals surface area contributed by atoms with Crippen molar-refractivity contribution < 1.29 is 4.79 Å². The van der Waals surface area contributed by atoms with Crippen molar-refractivity contribution in [1.29, 1.82) is 0 Å². The third-order valence-corrected chi connectivity index (χ3v) is 4.93. The summed E-state index contributed by atoms with van der Waals surface area (Å²) in [6.07, 6.45) is 4.39. The summed E-state index contributed by atoms with van der Waals surface area (Å²) < 4.78 is 0. The van der Waals surface area contributed by atoms with Gasteiger partial charge in [0.15, 0.2) is 0 Å². The van der Waals surface area contributed by atoms with Crippen LogP contribution >= 0.6 is 11.3 Å². The van der Waals surface area contributed by atoms with Gasteiger partial charge in [-0.05, 0) is 50.2 Å². The van der Waals surface area contributed by atoms with Gasteiger partial charge in [0.2, 0.25) is 0 Å². The van der Waals surface area contributed by atoms with Crippen molar-refractivity contribution in [3.05, 3.63) is 21.4 Å². The molecule has 1 aliphatic carbocycles. The minimum Gasteiger partial charge on any atom is -0.345 e. The fourth-order valence-corrected chi connectivity index (χ4v) is 4.01. The molecule has 0 radical (unpaired) electrons. The molecule has 3 N–H and O–H groups in total. The van der Waals surface area contributed by atoms with E-state index in [4.69, 9.17) is 5.73 Å². The van der Waals surface area contributed by atoms with Gasteiger partial charge in [-0.25, -0.2) is 0 Å². The maximum atomic E-state index is 12.4. The molecule has 1 heterocycles. The van der Waals surface area contributed by atoms with E-state index in [1.165, 1.54) is 16.9 Å². The number of rotatable bonds is 5. The topological polar surface area (TPSA) is 55.1 Å². The van der Waals surface area contributed by atoms with E-state index in [0.29, 0.717) is 12.5 Å². The second-order valence-corrected chi connectivity index (χ2v) is 7.37. The predicted octanol–water partition coefficient (Wildman–Crippen LogP) is 2.73. The summed E-state index contributed by atoms with van der Waals surface area (Å²) in [5.74, 6) is 0.551. The van der Waals surface area contributed by atoms with Crippen LogP contribution in [0.3, 0.4) is 0 Å². The molecule has 19 heavy (non-hydrogen) atoms. The Balaban J connectivity index is 2.06. The molecule has 1 aromatic heterocycles. The Morgan fingerprint density at radius 3 is 2.84 bits per heavy atom. The average molecular weight is 280 g/mol. The molecule has 3 nitrogen and oxygen atoms in total. The highest BCUT2D eigenvalue weighted by molar-refractivity contribution is 7.14. The first-order valence-corrected chi connectivity index (χ1v) is 7.89. The Morgan fingerprint density at radius 2 is 2.26 bits per heavy atom. The zero-order valence-electron chi connectivity index (χ0n) is 12.1. The highest BCUT2D eigenvalue weighted by atomic mass is 32.1. The molecule has 0 aliphatic heterocycles. The lowest BCUT2D eigenvalue weighted by Gasteiger charge is -2.31. The van der Waals surface area contributed by atoms with Crippen LogP contribution in [0.25, 0.3) is 0 Å². The fourth-order valence-electron chi connectivity index (χ4n) is 2.86. The molecule has 2 rings (SSSR count). The van der Waals surface area contributed by atoms with Crippen molar-refractivity contribution in [2.24, 2.45) is 11.7 Å². The van der Waals surface area contributed by atoms with E-state index in [0.717, 1.165) is 24.1 Å². The Kier molecular flexibility index (Phi) is 4.31. The summed E-state index contributed by atoms with van der Waals surface area (Å²) >= 11 is 1.65. The van der Waals surface area contributed by atoms with Gasteiger partial charge in [-0.1, -0.05) is 13.8 Å². The standard InChI is InChI=1S/C15H24N2OS/c1-10(2)8-15(3,9-16)17-14(18)13-7-11-5-4-6-12(11)19-13/h7,10H,4-6,8-9,16H2,1-3H3,(H,17,18). The molecular formula is C15H24N2OS. The number of carbonyl (C=O) groups excluding carboxylic acids is 1. The van der Waals surface area contributed by atoms with E-state index in [-0.39, 0.29) is 11.4 Å². The number of nitrogens with two attached hydrogens (primary N) is 1. The van der Waals surface area contributed by atoms with Gasteiger partial charge < -0.3 is 11.1 Å². The third kappa shape index (κ3) is 3.37. The lowest BCUT2D eigenvalue weighted by atomic mass is 9.90. The molecular weight excluding hydrogens is 256 g/mol. The molecule has 1 amide bonds. The highest BCUT2D eigenvalue weighted by Gasteiger charge is 2.27. The number of thiophene rings is 1. The van der Waals surface area contributed by atoms with E-state index in [1.54, 1.807) is 11.3 Å². The summed E-state index contributed by atoms with van der Waals surface area (Å²) in [6.45, 7) is 6.81. The largest absolute Gasteiger partial charge is 0.345 e. The Labute approximate surface area is 119 Å². The molecule has 0 fully saturated rings. The van der Waals surface area contributed by atoms with Gasteiger partial charge in [0, 0.05) is 11.4 Å². The zero-order chi connectivity index (χ0) is 14.0. The van der Waals surface area contributed by atoms with Crippen LogP contribution in [0.15, 0.2) is 6.07 Å². The molecule has 1 atom stereocenters. The number of hydrogen-bond acceptors (Lipinski definition) is 3. The number of nitrogens with one attached hydrogen (secondary N) is 1. The van der Waals surface area contributed by atoms with Gasteiger partial charge >= 0.3 is 0 Å². The van der Waals surface area contributed by atoms with Gasteiger partial charge in [-0.15, -0.1) is 11.3 Å². The van der Waals surface area contributed by atoms with Crippen LogP contribution in [0.5, 0.6) is 0 Å². The second-order valence-electron chi connectivity index (χ2n) is 6.23. The molecule has 106 valence electrons. The Morgan fingerprint density at radius 1 is 1.53 bits per heavy atom. The van der Waals surface area contributed by atoms with Crippen molar-refractivity contribution in [2.75, 3.05) is 6.54 Å². The van der Waals surface area contributed by atoms with Crippen molar-refractivity contribution in [1.82, 2.24) is 5.32 Å². The number of amides is 1. The van der Waals surface area contributed by atoms with E-state index < -0.39 is 0 Å². The summed E-state index contributed by atoms with van der Waals surface area (Å²) in [6, 6.07) is 2.06. The van der Waals surface area contributed by atoms with Crippen LogP contribution in [-0.4, -0.2) is 18.0 Å². The van der Waals surface area contributed by atoms with Crippen LogP contribution in [-0.2, 0) is 12.8 Å². The van der Waals surface area contributed by atoms with Crippen LogP contribution in [0.2, 0.25) is 0 Å². The van der Waals surface area contributed by atoms with Gasteiger partial charge in [0.05, 0.1) is 10.4 Å². The first-order chi connectivity index (χ1) is 8.93. The second kappa shape index (κ2) is 5.63. The Bertz CT molecular complexity index is 445. The quantitative estimate of drug-likeness (QED) is 0.871. The normalized spacial score (nSPS) is 17.3. The molecule has 0 saturated carbocycles. The molecule has 0 bridgehead atoms. The number of aryl methyl sites for hydroxylation is 2. The van der Waals surface area contributed by atoms with E-state index in [1.807, 2.05) is 6.92 Å². The van der Waals surface area contributed by atoms with Crippen molar-refractivity contribution in [2.45, 2.75) is 52.0 Å². The third-order valence-electron chi connectivity index (χ3n) is 3.69. The maximum Gasteiger partial charge on any atom is 0.261 e. The van der Waals surface area contributed by atoms with Gasteiger partial charge in [-0.2, -0.15) is 0 Å². The first-order valence-electron chi connectivity index (χ1n) is 7.08. The highest BCUT2D eigenvalue weighted by Crippen LogP contribution is 2.31. The SMILES string of the molecule is CC(C)CC(C)(CN)NC(=O)c1cc2c(s1)CCC2. The van der Waals surface area contributed by atoms with Crippen LogP contribution in [0.4, 0.5) is 0 Å². The summed E-state index contributed by atoms with van der Waals surface area (Å²) in [7, 11) is 0. The van der Waals surface area contributed by atoms with Crippen molar-refractivity contribution in [3.8, 4) is 0 Å². The molecule has 1 unspecified atom stereocenters. The van der Waals surface area contributed by atoms with Crippen LogP contribution < -0.4 is 11.1 Å². The number of hydrogen-bond donors (Lipinski definition) is 2. The van der Waals surface area contributed by atoms with Crippen molar-refractivity contribution in [3.63, 3.8) is 0 Å². The fraction of sp³-hybridized carbons (Fsp3) is 0.667. The molecule has 0 saturated heterocycles. The van der Waals surface area contributed by atoms with Crippen LogP contribution in [0, 0.1) is 5.92 Å². The van der Waals surface area contributed by atoms with E-state index in [2.05, 4.69) is 25.2 Å². The minimum absolute atomic E-state index is 0.0352. The average Bonchev–Trinajstić information content (AvgIpc) is 2.87. The molecule has 1 aliphatic rings. The summed E-state index contributed by atoms with van der Waals surface area (Å²) in [5, 5.41) is 3.13. The predicted molar refractivity (Wildman–Crippen MR) is 80.7 cm³/mol. The van der Waals surface area contributed by atoms with E-state index in [9.17, 15) is 4.79 Å². The maximum absolute atomic E-state index is 12.4. The Hall–Kier alpha value is -0.870. The van der Waals surface area contributed by atoms with Gasteiger partial charge in [0.1, 0.15) is 0 Å². The van der Waals surface area contributed by atoms with Crippen LogP contribution in [0.1, 0.15) is 53.7 Å². The van der Waals surface area contributed by atoms with Crippen molar-refractivity contribution >= 4 is 17.2 Å². The molecule has 1 aromatic rings. The zero-order valence-corrected chi connectivity index (χ0v) is 12.9. The van der Waals surface area contributed by atoms with Gasteiger partial charge in [0.25, 0.3) is 5.91 Å².